The standard InChI is InChI=1S/C26H19Cl3O6S/c27-18-7-1-15(2-8-18)24(30)33-14-22-21(34-25(31)16-3-9-19(28)10-4-16)13-23(36-22)35-26(32)17-5-11-20(29)12-6-17/h1-12,21-23H,13-14H2/t21-,22+,23?/m1/s1. The molecule has 186 valence electrons. The first kappa shape index (κ1) is 26.4. The Kier molecular flexibility index (Phi) is 8.80. The maximum absolute atomic E-state index is 12.7. The highest BCUT2D eigenvalue weighted by Gasteiger charge is 2.41. The van der Waals surface area contributed by atoms with Crippen LogP contribution in [0.15, 0.2) is 72.8 Å². The Morgan fingerprint density at radius 2 is 1.08 bits per heavy atom. The SMILES string of the molecule is O=C(OC[C@@H]1SC(OC(=O)c2ccc(Cl)cc2)C[C@H]1OC(=O)c1ccc(Cl)cc1)c1ccc(Cl)cc1. The lowest BCUT2D eigenvalue weighted by molar-refractivity contribution is 0.0136. The first-order valence-electron chi connectivity index (χ1n) is 10.8. The summed E-state index contributed by atoms with van der Waals surface area (Å²) in [5.41, 5.74) is 0.383. The van der Waals surface area contributed by atoms with Crippen LogP contribution in [0.3, 0.4) is 0 Å². The molecule has 4 rings (SSSR count). The van der Waals surface area contributed by atoms with Crippen LogP contribution in [0.25, 0.3) is 0 Å². The van der Waals surface area contributed by atoms with Crippen LogP contribution in [0.2, 0.25) is 15.1 Å². The summed E-state index contributed by atoms with van der Waals surface area (Å²) < 4.78 is 16.8. The van der Waals surface area contributed by atoms with Gasteiger partial charge in [0.1, 0.15) is 12.7 Å². The van der Waals surface area contributed by atoms with Gasteiger partial charge in [0.05, 0.1) is 21.9 Å². The molecule has 3 aromatic carbocycles. The van der Waals surface area contributed by atoms with Crippen LogP contribution < -0.4 is 0 Å². The third-order valence-electron chi connectivity index (χ3n) is 5.28. The number of thioether (sulfide) groups is 1. The van der Waals surface area contributed by atoms with E-state index in [0.29, 0.717) is 31.8 Å². The van der Waals surface area contributed by atoms with Crippen LogP contribution in [0.1, 0.15) is 37.5 Å². The molecular formula is C26H19Cl3O6S. The molecule has 1 saturated heterocycles. The lowest BCUT2D eigenvalue weighted by atomic mass is 10.1. The van der Waals surface area contributed by atoms with E-state index in [0.717, 1.165) is 0 Å². The Balaban J connectivity index is 1.43. The van der Waals surface area contributed by atoms with Crippen molar-refractivity contribution < 1.29 is 28.6 Å². The smallest absolute Gasteiger partial charge is 0.339 e. The third-order valence-corrected chi connectivity index (χ3v) is 7.42. The first-order chi connectivity index (χ1) is 17.3. The van der Waals surface area contributed by atoms with Crippen LogP contribution >= 0.6 is 46.6 Å². The minimum atomic E-state index is -0.667. The minimum absolute atomic E-state index is 0.0559. The number of ether oxygens (including phenoxy) is 3. The molecule has 0 aromatic heterocycles. The highest BCUT2D eigenvalue weighted by Crippen LogP contribution is 2.38. The van der Waals surface area contributed by atoms with E-state index in [2.05, 4.69) is 0 Å². The van der Waals surface area contributed by atoms with E-state index >= 15 is 0 Å². The average molecular weight is 566 g/mol. The fraction of sp³-hybridized carbons (Fsp3) is 0.192. The van der Waals surface area contributed by atoms with Gasteiger partial charge in [0.15, 0.2) is 5.44 Å². The molecular weight excluding hydrogens is 547 g/mol. The zero-order valence-corrected chi connectivity index (χ0v) is 21.7. The van der Waals surface area contributed by atoms with Crippen LogP contribution in [0.5, 0.6) is 0 Å². The largest absolute Gasteiger partial charge is 0.461 e. The molecule has 0 aliphatic carbocycles. The summed E-state index contributed by atoms with van der Waals surface area (Å²) in [7, 11) is 0. The molecule has 0 N–H and O–H groups in total. The quantitative estimate of drug-likeness (QED) is 0.232. The maximum Gasteiger partial charge on any atom is 0.339 e. The predicted molar refractivity (Wildman–Crippen MR) is 139 cm³/mol. The molecule has 1 heterocycles. The van der Waals surface area contributed by atoms with Gasteiger partial charge in [-0.3, -0.25) is 0 Å². The fourth-order valence-electron chi connectivity index (χ4n) is 3.42. The number of hydrogen-bond donors (Lipinski definition) is 0. The van der Waals surface area contributed by atoms with Crippen LogP contribution in [-0.4, -0.2) is 41.3 Å². The Morgan fingerprint density at radius 3 is 1.56 bits per heavy atom. The Labute approximate surface area is 226 Å². The van der Waals surface area contributed by atoms with Gasteiger partial charge in [0.25, 0.3) is 0 Å². The molecule has 10 heteroatoms. The first-order valence-corrected chi connectivity index (χ1v) is 12.9. The maximum atomic E-state index is 12.7. The van der Waals surface area contributed by atoms with E-state index in [1.54, 1.807) is 72.8 Å². The van der Waals surface area contributed by atoms with E-state index in [1.807, 2.05) is 0 Å². The molecule has 1 unspecified atom stereocenters. The van der Waals surface area contributed by atoms with Gasteiger partial charge >= 0.3 is 17.9 Å². The molecule has 1 aliphatic rings. The van der Waals surface area contributed by atoms with Gasteiger partial charge in [-0.1, -0.05) is 34.8 Å². The van der Waals surface area contributed by atoms with E-state index in [4.69, 9.17) is 49.0 Å². The Hall–Kier alpha value is -2.71. The summed E-state index contributed by atoms with van der Waals surface area (Å²) in [5, 5.41) is 1.03. The van der Waals surface area contributed by atoms with Crippen molar-refractivity contribution in [3.8, 4) is 0 Å². The second-order valence-corrected chi connectivity index (χ2v) is 10.5. The van der Waals surface area contributed by atoms with Gasteiger partial charge in [0.2, 0.25) is 0 Å². The van der Waals surface area contributed by atoms with Gasteiger partial charge in [-0.05, 0) is 72.8 Å². The van der Waals surface area contributed by atoms with Gasteiger partial charge in [-0.2, -0.15) is 0 Å². The van der Waals surface area contributed by atoms with Gasteiger partial charge in [-0.15, -0.1) is 11.8 Å². The zero-order chi connectivity index (χ0) is 25.7. The van der Waals surface area contributed by atoms with Crippen molar-refractivity contribution in [1.82, 2.24) is 0 Å². The summed E-state index contributed by atoms with van der Waals surface area (Å²) in [6.07, 6.45) is -0.439. The van der Waals surface area contributed by atoms with E-state index in [1.165, 1.54) is 11.8 Å². The number of esters is 3. The van der Waals surface area contributed by atoms with Crippen molar-refractivity contribution in [3.05, 3.63) is 105 Å². The molecule has 1 aliphatic heterocycles. The highest BCUT2D eigenvalue weighted by atomic mass is 35.5. The Bertz CT molecular complexity index is 1230. The summed E-state index contributed by atoms with van der Waals surface area (Å²) >= 11 is 18.9. The van der Waals surface area contributed by atoms with E-state index in [-0.39, 0.29) is 13.0 Å². The fourth-order valence-corrected chi connectivity index (χ4v) is 5.12. The molecule has 0 bridgehead atoms. The number of benzene rings is 3. The van der Waals surface area contributed by atoms with Crippen molar-refractivity contribution >= 4 is 64.5 Å². The van der Waals surface area contributed by atoms with Crippen molar-refractivity contribution in [3.63, 3.8) is 0 Å². The summed E-state index contributed by atoms with van der Waals surface area (Å²) in [5.74, 6) is -1.64. The topological polar surface area (TPSA) is 78.9 Å². The van der Waals surface area contributed by atoms with E-state index in [9.17, 15) is 14.4 Å². The second kappa shape index (κ2) is 12.0. The Morgan fingerprint density at radius 1 is 0.667 bits per heavy atom. The van der Waals surface area contributed by atoms with Crippen LogP contribution in [-0.2, 0) is 14.2 Å². The number of rotatable bonds is 7. The van der Waals surface area contributed by atoms with Crippen molar-refractivity contribution in [1.29, 1.82) is 0 Å². The molecule has 6 nitrogen and oxygen atoms in total. The summed E-state index contributed by atoms with van der Waals surface area (Å²) in [6.45, 7) is -0.0559. The molecule has 0 saturated carbocycles. The minimum Gasteiger partial charge on any atom is -0.461 e. The van der Waals surface area contributed by atoms with Gasteiger partial charge in [0, 0.05) is 21.5 Å². The number of hydrogen-bond acceptors (Lipinski definition) is 7. The molecule has 36 heavy (non-hydrogen) atoms. The highest BCUT2D eigenvalue weighted by molar-refractivity contribution is 8.00. The van der Waals surface area contributed by atoms with Crippen molar-refractivity contribution in [2.75, 3.05) is 6.61 Å². The van der Waals surface area contributed by atoms with Gasteiger partial charge < -0.3 is 14.2 Å². The zero-order valence-electron chi connectivity index (χ0n) is 18.6. The van der Waals surface area contributed by atoms with Crippen LogP contribution in [0.4, 0.5) is 0 Å². The third kappa shape index (κ3) is 6.95. The van der Waals surface area contributed by atoms with Crippen molar-refractivity contribution in [2.24, 2.45) is 0 Å². The molecule has 3 atom stereocenters. The number of carbonyl (C=O) groups excluding carboxylic acids is 3. The molecule has 3 aromatic rings. The normalized spacial score (nSPS) is 18.9. The van der Waals surface area contributed by atoms with Crippen LogP contribution in [0, 0.1) is 0 Å². The van der Waals surface area contributed by atoms with Gasteiger partial charge in [-0.25, -0.2) is 14.4 Å². The number of carbonyl (C=O) groups is 3. The van der Waals surface area contributed by atoms with Crippen molar-refractivity contribution in [2.45, 2.75) is 23.2 Å². The lowest BCUT2D eigenvalue weighted by Gasteiger charge is -2.19. The molecule has 0 radical (unpaired) electrons. The average Bonchev–Trinajstić information content (AvgIpc) is 3.24. The second-order valence-electron chi connectivity index (χ2n) is 7.81. The summed E-state index contributed by atoms with van der Waals surface area (Å²) in [6, 6.07) is 18.9. The summed E-state index contributed by atoms with van der Waals surface area (Å²) in [4.78, 5) is 37.8. The molecule has 1 fully saturated rings. The van der Waals surface area contributed by atoms with E-state index < -0.39 is 34.7 Å². The monoisotopic (exact) mass is 564 g/mol. The number of halogens is 3. The molecule has 0 amide bonds. The molecule has 0 spiro atoms. The lowest BCUT2D eigenvalue weighted by Crippen LogP contribution is -2.29. The predicted octanol–water partition coefficient (Wildman–Crippen LogP) is 6.72.